The molecular formula is C11H7NO. The third-order valence-electron chi connectivity index (χ3n) is 2.24. The van der Waals surface area contributed by atoms with E-state index in [4.69, 9.17) is 4.42 Å². The van der Waals surface area contributed by atoms with Gasteiger partial charge in [-0.25, -0.2) is 0 Å². The van der Waals surface area contributed by atoms with Crippen LogP contribution in [0.3, 0.4) is 0 Å². The molecule has 2 heterocycles. The topological polar surface area (TPSA) is 26.0 Å². The van der Waals surface area contributed by atoms with Gasteiger partial charge in [-0.15, -0.1) is 0 Å². The highest BCUT2D eigenvalue weighted by Gasteiger charge is 2.01. The SMILES string of the molecule is c1cc2ccc3ccoc3c2cn1. The zero-order valence-electron chi connectivity index (χ0n) is 6.90. The summed E-state index contributed by atoms with van der Waals surface area (Å²) in [5.74, 6) is 0. The number of rotatable bonds is 0. The molecule has 0 fully saturated rings. The Bertz CT molecular complexity index is 568. The molecule has 0 bridgehead atoms. The highest BCUT2D eigenvalue weighted by molar-refractivity contribution is 6.03. The molecule has 0 radical (unpaired) electrons. The fraction of sp³-hybridized carbons (Fsp3) is 0. The van der Waals surface area contributed by atoms with E-state index in [0.29, 0.717) is 0 Å². The minimum absolute atomic E-state index is 0.922. The van der Waals surface area contributed by atoms with E-state index in [0.717, 1.165) is 21.7 Å². The van der Waals surface area contributed by atoms with Crippen molar-refractivity contribution >= 4 is 21.7 Å². The van der Waals surface area contributed by atoms with Crippen LogP contribution in [0.1, 0.15) is 0 Å². The average molecular weight is 169 g/mol. The lowest BCUT2D eigenvalue weighted by molar-refractivity contribution is 0.619. The monoisotopic (exact) mass is 169 g/mol. The van der Waals surface area contributed by atoms with E-state index in [1.54, 1.807) is 12.5 Å². The molecular weight excluding hydrogens is 162 g/mol. The summed E-state index contributed by atoms with van der Waals surface area (Å²) in [6, 6.07) is 8.08. The number of benzene rings is 1. The van der Waals surface area contributed by atoms with Crippen molar-refractivity contribution in [1.82, 2.24) is 4.98 Å². The smallest absolute Gasteiger partial charge is 0.143 e. The third kappa shape index (κ3) is 0.855. The number of hydrogen-bond acceptors (Lipinski definition) is 2. The second kappa shape index (κ2) is 2.33. The summed E-state index contributed by atoms with van der Waals surface area (Å²) >= 11 is 0. The van der Waals surface area contributed by atoms with Gasteiger partial charge in [0, 0.05) is 23.2 Å². The van der Waals surface area contributed by atoms with E-state index in [-0.39, 0.29) is 0 Å². The average Bonchev–Trinajstić information content (AvgIpc) is 2.65. The molecule has 0 aliphatic heterocycles. The third-order valence-corrected chi connectivity index (χ3v) is 2.24. The van der Waals surface area contributed by atoms with Crippen LogP contribution in [0.25, 0.3) is 21.7 Å². The van der Waals surface area contributed by atoms with Gasteiger partial charge >= 0.3 is 0 Å². The number of fused-ring (bicyclic) bond motifs is 3. The van der Waals surface area contributed by atoms with Crippen molar-refractivity contribution in [2.24, 2.45) is 0 Å². The summed E-state index contributed by atoms with van der Waals surface area (Å²) in [5, 5.41) is 3.36. The minimum atomic E-state index is 0.922. The summed E-state index contributed by atoms with van der Waals surface area (Å²) in [5.41, 5.74) is 0.922. The molecule has 0 aliphatic carbocycles. The lowest BCUT2D eigenvalue weighted by Gasteiger charge is -1.95. The fourth-order valence-electron chi connectivity index (χ4n) is 1.59. The van der Waals surface area contributed by atoms with E-state index in [1.165, 1.54) is 0 Å². The van der Waals surface area contributed by atoms with Gasteiger partial charge in [-0.2, -0.15) is 0 Å². The molecule has 3 aromatic rings. The van der Waals surface area contributed by atoms with Crippen molar-refractivity contribution in [3.63, 3.8) is 0 Å². The Kier molecular flexibility index (Phi) is 1.19. The largest absolute Gasteiger partial charge is 0.464 e. The molecule has 2 aromatic heterocycles. The summed E-state index contributed by atoms with van der Waals surface area (Å²) in [4.78, 5) is 4.08. The summed E-state index contributed by atoms with van der Waals surface area (Å²) in [7, 11) is 0. The highest BCUT2D eigenvalue weighted by atomic mass is 16.3. The van der Waals surface area contributed by atoms with Gasteiger partial charge < -0.3 is 4.42 Å². The molecule has 0 aliphatic rings. The molecule has 0 amide bonds. The van der Waals surface area contributed by atoms with E-state index in [1.807, 2.05) is 18.3 Å². The standard InChI is InChI=1S/C11H7NO/c1-2-9-4-6-13-11(9)10-7-12-5-3-8(1)10/h1-7H. The Morgan fingerprint density at radius 3 is 2.92 bits per heavy atom. The van der Waals surface area contributed by atoms with E-state index in [9.17, 15) is 0 Å². The van der Waals surface area contributed by atoms with Crippen molar-refractivity contribution in [2.75, 3.05) is 0 Å². The van der Waals surface area contributed by atoms with Crippen LogP contribution in [0.15, 0.2) is 47.3 Å². The Morgan fingerprint density at radius 2 is 1.92 bits per heavy atom. The Labute approximate surface area is 74.8 Å². The molecule has 1 aromatic carbocycles. The van der Waals surface area contributed by atoms with E-state index in [2.05, 4.69) is 17.1 Å². The first-order valence-corrected chi connectivity index (χ1v) is 4.15. The number of nitrogens with zero attached hydrogens (tertiary/aromatic N) is 1. The van der Waals surface area contributed by atoms with Crippen molar-refractivity contribution < 1.29 is 4.42 Å². The van der Waals surface area contributed by atoms with E-state index >= 15 is 0 Å². The first-order valence-electron chi connectivity index (χ1n) is 4.15. The van der Waals surface area contributed by atoms with Crippen molar-refractivity contribution in [1.29, 1.82) is 0 Å². The maximum atomic E-state index is 5.39. The van der Waals surface area contributed by atoms with Gasteiger partial charge in [0.05, 0.1) is 6.26 Å². The predicted molar refractivity (Wildman–Crippen MR) is 51.5 cm³/mol. The lowest BCUT2D eigenvalue weighted by atomic mass is 10.1. The molecule has 0 N–H and O–H groups in total. The van der Waals surface area contributed by atoms with Crippen LogP contribution < -0.4 is 0 Å². The molecule has 2 nitrogen and oxygen atoms in total. The van der Waals surface area contributed by atoms with Crippen LogP contribution >= 0.6 is 0 Å². The molecule has 0 saturated heterocycles. The van der Waals surface area contributed by atoms with Gasteiger partial charge in [0.2, 0.25) is 0 Å². The first-order chi connectivity index (χ1) is 6.45. The van der Waals surface area contributed by atoms with Crippen LogP contribution in [0.5, 0.6) is 0 Å². The zero-order chi connectivity index (χ0) is 8.67. The van der Waals surface area contributed by atoms with Crippen LogP contribution in [0.4, 0.5) is 0 Å². The molecule has 0 saturated carbocycles. The predicted octanol–water partition coefficient (Wildman–Crippen LogP) is 2.98. The maximum absolute atomic E-state index is 5.39. The summed E-state index contributed by atoms with van der Waals surface area (Å²) < 4.78 is 5.39. The fourth-order valence-corrected chi connectivity index (χ4v) is 1.59. The van der Waals surface area contributed by atoms with Crippen LogP contribution in [-0.4, -0.2) is 4.98 Å². The second-order valence-electron chi connectivity index (χ2n) is 3.00. The van der Waals surface area contributed by atoms with Crippen LogP contribution in [-0.2, 0) is 0 Å². The quantitative estimate of drug-likeness (QED) is 0.517. The normalized spacial score (nSPS) is 11.1. The Morgan fingerprint density at radius 1 is 1.00 bits per heavy atom. The first kappa shape index (κ1) is 6.66. The summed E-state index contributed by atoms with van der Waals surface area (Å²) in [6.45, 7) is 0. The molecule has 0 unspecified atom stereocenters. The molecule has 2 heteroatoms. The summed E-state index contributed by atoms with van der Waals surface area (Å²) in [6.07, 6.45) is 5.33. The molecule has 0 spiro atoms. The van der Waals surface area contributed by atoms with Crippen molar-refractivity contribution in [2.45, 2.75) is 0 Å². The van der Waals surface area contributed by atoms with Gasteiger partial charge in [0.1, 0.15) is 5.58 Å². The Balaban J connectivity index is 2.65. The molecule has 3 rings (SSSR count). The van der Waals surface area contributed by atoms with Gasteiger partial charge in [-0.3, -0.25) is 4.98 Å². The number of hydrogen-bond donors (Lipinski definition) is 0. The molecule has 62 valence electrons. The maximum Gasteiger partial charge on any atom is 0.143 e. The van der Waals surface area contributed by atoms with E-state index < -0.39 is 0 Å². The molecule has 0 atom stereocenters. The van der Waals surface area contributed by atoms with Gasteiger partial charge in [-0.05, 0) is 17.5 Å². The number of pyridine rings is 1. The second-order valence-corrected chi connectivity index (χ2v) is 3.00. The Hall–Kier alpha value is -1.83. The van der Waals surface area contributed by atoms with Gasteiger partial charge in [0.25, 0.3) is 0 Å². The highest BCUT2D eigenvalue weighted by Crippen LogP contribution is 2.24. The van der Waals surface area contributed by atoms with Crippen LogP contribution in [0.2, 0.25) is 0 Å². The number of furan rings is 1. The van der Waals surface area contributed by atoms with Crippen molar-refractivity contribution in [3.05, 3.63) is 42.9 Å². The van der Waals surface area contributed by atoms with Gasteiger partial charge in [-0.1, -0.05) is 12.1 Å². The number of aromatic nitrogens is 1. The minimum Gasteiger partial charge on any atom is -0.464 e. The molecule has 13 heavy (non-hydrogen) atoms. The zero-order valence-corrected chi connectivity index (χ0v) is 6.90. The van der Waals surface area contributed by atoms with Crippen molar-refractivity contribution in [3.8, 4) is 0 Å². The lowest BCUT2D eigenvalue weighted by Crippen LogP contribution is -1.74. The van der Waals surface area contributed by atoms with Crippen LogP contribution in [0, 0.1) is 0 Å². The van der Waals surface area contributed by atoms with Gasteiger partial charge in [0.15, 0.2) is 0 Å².